The molecule has 0 amide bonds. The van der Waals surface area contributed by atoms with E-state index in [9.17, 15) is 4.79 Å². The number of thioether (sulfide) groups is 1. The summed E-state index contributed by atoms with van der Waals surface area (Å²) in [7, 11) is 1.85. The molecule has 1 aliphatic heterocycles. The van der Waals surface area contributed by atoms with Gasteiger partial charge >= 0.3 is 0 Å². The molecule has 0 radical (unpaired) electrons. The molecule has 0 atom stereocenters. The fourth-order valence-electron chi connectivity index (χ4n) is 2.65. The van der Waals surface area contributed by atoms with Gasteiger partial charge in [0.05, 0.1) is 24.1 Å². The van der Waals surface area contributed by atoms with Crippen molar-refractivity contribution >= 4 is 22.6 Å². The summed E-state index contributed by atoms with van der Waals surface area (Å²) in [5.41, 5.74) is 5.63. The van der Waals surface area contributed by atoms with E-state index >= 15 is 0 Å². The van der Waals surface area contributed by atoms with Crippen molar-refractivity contribution in [2.75, 3.05) is 12.1 Å². The number of benzene rings is 2. The van der Waals surface area contributed by atoms with Gasteiger partial charge in [-0.25, -0.2) is 0 Å². The fourth-order valence-corrected chi connectivity index (χ4v) is 3.63. The molecule has 0 fully saturated rings. The third kappa shape index (κ3) is 3.21. The van der Waals surface area contributed by atoms with Crippen molar-refractivity contribution in [1.29, 1.82) is 0 Å². The Morgan fingerprint density at radius 2 is 1.77 bits per heavy atom. The molecule has 0 saturated heterocycles. The van der Waals surface area contributed by atoms with Crippen molar-refractivity contribution in [2.24, 2.45) is 4.99 Å². The van der Waals surface area contributed by atoms with E-state index in [1.54, 1.807) is 11.2 Å². The van der Waals surface area contributed by atoms with Crippen molar-refractivity contribution in [3.63, 3.8) is 0 Å². The highest BCUT2D eigenvalue weighted by Gasteiger charge is 2.23. The number of aliphatic imine (C=N–C) groups is 1. The van der Waals surface area contributed by atoms with Gasteiger partial charge in [-0.05, 0) is 29.5 Å². The van der Waals surface area contributed by atoms with Gasteiger partial charge in [0.2, 0.25) is 0 Å². The van der Waals surface area contributed by atoms with E-state index in [1.165, 1.54) is 16.4 Å². The zero-order valence-corrected chi connectivity index (χ0v) is 15.0. The number of amidine groups is 1. The summed E-state index contributed by atoms with van der Waals surface area (Å²) in [4.78, 5) is 18.2. The molecule has 0 bridgehead atoms. The van der Waals surface area contributed by atoms with Crippen LogP contribution >= 0.6 is 11.8 Å². The number of fused-ring (bicyclic) bond motifs is 1. The topological polar surface area (TPSA) is 62.5 Å². The van der Waals surface area contributed by atoms with Gasteiger partial charge in [0.1, 0.15) is 4.90 Å². The fraction of sp³-hybridized carbons (Fsp3) is 0.105. The Balaban J connectivity index is 1.67. The molecule has 1 aromatic heterocycles. The van der Waals surface area contributed by atoms with Gasteiger partial charge in [0, 0.05) is 7.05 Å². The minimum absolute atomic E-state index is 0.153. The van der Waals surface area contributed by atoms with E-state index in [1.807, 2.05) is 67.7 Å². The highest BCUT2D eigenvalue weighted by atomic mass is 32.2. The molecule has 4 rings (SSSR count). The molecule has 1 aliphatic rings. The van der Waals surface area contributed by atoms with Crippen LogP contribution < -0.4 is 16.0 Å². The maximum atomic E-state index is 12.9. The Kier molecular flexibility index (Phi) is 4.45. The monoisotopic (exact) mass is 363 g/mol. The minimum atomic E-state index is -0.153. The molecule has 6 nitrogen and oxygen atoms in total. The lowest BCUT2D eigenvalue weighted by molar-refractivity contribution is 0.755. The maximum Gasteiger partial charge on any atom is 0.287 e. The summed E-state index contributed by atoms with van der Waals surface area (Å²) in [5, 5.41) is 6.76. The lowest BCUT2D eigenvalue weighted by Crippen LogP contribution is -2.43. The SMILES string of the molecule is CN1NC(=NCc2ccccc2)Sc2c1cnn(-c1ccccc1)c2=O. The quantitative estimate of drug-likeness (QED) is 0.775. The molecule has 2 aromatic carbocycles. The van der Waals surface area contributed by atoms with Crippen molar-refractivity contribution in [1.82, 2.24) is 15.2 Å². The number of rotatable bonds is 3. The van der Waals surface area contributed by atoms with E-state index in [2.05, 4.69) is 15.5 Å². The first-order chi connectivity index (χ1) is 12.7. The number of hydrogen-bond donors (Lipinski definition) is 1. The van der Waals surface area contributed by atoms with E-state index in [0.717, 1.165) is 16.9 Å². The Hall–Kier alpha value is -3.06. The highest BCUT2D eigenvalue weighted by molar-refractivity contribution is 8.14. The molecule has 0 aliphatic carbocycles. The normalized spacial score (nSPS) is 14.8. The Morgan fingerprint density at radius 3 is 2.50 bits per heavy atom. The second-order valence-corrected chi connectivity index (χ2v) is 6.79. The molecule has 0 saturated carbocycles. The lowest BCUT2D eigenvalue weighted by Gasteiger charge is -2.28. The molecule has 0 unspecified atom stereocenters. The number of para-hydroxylation sites is 1. The van der Waals surface area contributed by atoms with Crippen LogP contribution in [0, 0.1) is 0 Å². The molecule has 7 heteroatoms. The van der Waals surface area contributed by atoms with Crippen LogP contribution in [0.2, 0.25) is 0 Å². The summed E-state index contributed by atoms with van der Waals surface area (Å²) >= 11 is 1.34. The van der Waals surface area contributed by atoms with E-state index in [-0.39, 0.29) is 5.56 Å². The first-order valence-corrected chi connectivity index (χ1v) is 8.98. The minimum Gasteiger partial charge on any atom is -0.286 e. The van der Waals surface area contributed by atoms with Crippen LogP contribution in [0.15, 0.2) is 81.5 Å². The van der Waals surface area contributed by atoms with Gasteiger partial charge in [-0.3, -0.25) is 20.2 Å². The predicted molar refractivity (Wildman–Crippen MR) is 105 cm³/mol. The maximum absolute atomic E-state index is 12.9. The summed E-state index contributed by atoms with van der Waals surface area (Å²) in [5.74, 6) is 0. The Morgan fingerprint density at radius 1 is 1.08 bits per heavy atom. The van der Waals surface area contributed by atoms with Crippen LogP contribution in [0.1, 0.15) is 5.56 Å². The van der Waals surface area contributed by atoms with Crippen LogP contribution in [0.25, 0.3) is 5.69 Å². The number of nitrogens with zero attached hydrogens (tertiary/aromatic N) is 4. The largest absolute Gasteiger partial charge is 0.287 e. The summed E-state index contributed by atoms with van der Waals surface area (Å²) < 4.78 is 1.42. The average Bonchev–Trinajstić information content (AvgIpc) is 2.69. The molecule has 3 aromatic rings. The van der Waals surface area contributed by atoms with Gasteiger partial charge in [-0.1, -0.05) is 48.5 Å². The smallest absolute Gasteiger partial charge is 0.286 e. The number of aromatic nitrogens is 2. The molecule has 2 heterocycles. The van der Waals surface area contributed by atoms with Crippen molar-refractivity contribution in [3.8, 4) is 5.69 Å². The molecule has 26 heavy (non-hydrogen) atoms. The third-order valence-electron chi connectivity index (χ3n) is 3.99. The van der Waals surface area contributed by atoms with E-state index in [4.69, 9.17) is 0 Å². The number of anilines is 1. The number of hydrazine groups is 1. The van der Waals surface area contributed by atoms with Crippen LogP contribution in [0.5, 0.6) is 0 Å². The molecule has 130 valence electrons. The van der Waals surface area contributed by atoms with Crippen molar-refractivity contribution in [2.45, 2.75) is 11.4 Å². The Bertz CT molecular complexity index is 1000. The summed E-state index contributed by atoms with van der Waals surface area (Å²) in [6, 6.07) is 19.4. The zero-order valence-electron chi connectivity index (χ0n) is 14.2. The van der Waals surface area contributed by atoms with Gasteiger partial charge in [-0.2, -0.15) is 9.78 Å². The van der Waals surface area contributed by atoms with Gasteiger partial charge in [-0.15, -0.1) is 0 Å². The Labute approximate surface area is 155 Å². The summed E-state index contributed by atoms with van der Waals surface area (Å²) in [6.45, 7) is 0.553. The van der Waals surface area contributed by atoms with Crippen LogP contribution in [0.3, 0.4) is 0 Å². The van der Waals surface area contributed by atoms with Gasteiger partial charge in [0.25, 0.3) is 5.56 Å². The van der Waals surface area contributed by atoms with E-state index in [0.29, 0.717) is 16.6 Å². The molecular formula is C19H17N5OS. The second-order valence-electron chi connectivity index (χ2n) is 5.79. The molecule has 1 N–H and O–H groups in total. The highest BCUT2D eigenvalue weighted by Crippen LogP contribution is 2.30. The molecule has 0 spiro atoms. The van der Waals surface area contributed by atoms with E-state index < -0.39 is 0 Å². The van der Waals surface area contributed by atoms with Gasteiger partial charge in [0.15, 0.2) is 5.17 Å². The third-order valence-corrected chi connectivity index (χ3v) is 4.99. The van der Waals surface area contributed by atoms with Crippen molar-refractivity contribution < 1.29 is 0 Å². The average molecular weight is 363 g/mol. The lowest BCUT2D eigenvalue weighted by atomic mass is 10.2. The number of nitrogens with one attached hydrogen (secondary N) is 1. The van der Waals surface area contributed by atoms with Crippen LogP contribution in [-0.2, 0) is 6.54 Å². The van der Waals surface area contributed by atoms with Gasteiger partial charge < -0.3 is 0 Å². The first kappa shape index (κ1) is 16.4. The van der Waals surface area contributed by atoms with Crippen LogP contribution in [0.4, 0.5) is 5.69 Å². The second kappa shape index (κ2) is 7.05. The van der Waals surface area contributed by atoms with Crippen LogP contribution in [-0.4, -0.2) is 22.0 Å². The molecular weight excluding hydrogens is 346 g/mol. The first-order valence-electron chi connectivity index (χ1n) is 8.17. The predicted octanol–water partition coefficient (Wildman–Crippen LogP) is 2.84. The number of hydrogen-bond acceptors (Lipinski definition) is 5. The standard InChI is InChI=1S/C19H17N5OS/c1-23-16-13-21-24(15-10-6-3-7-11-15)18(25)17(16)26-19(22-23)20-12-14-8-4-2-5-9-14/h2-11,13H,12H2,1H3,(H,20,22). The van der Waals surface area contributed by atoms with Crippen molar-refractivity contribution in [3.05, 3.63) is 82.8 Å². The summed E-state index contributed by atoms with van der Waals surface area (Å²) in [6.07, 6.45) is 1.69. The zero-order chi connectivity index (χ0) is 17.9.